The number of hydrogen-bond acceptors (Lipinski definition) is 6. The summed E-state index contributed by atoms with van der Waals surface area (Å²) >= 11 is 0. The Bertz CT molecular complexity index is 527. The van der Waals surface area contributed by atoms with Crippen molar-refractivity contribution in [2.24, 2.45) is 5.92 Å². The van der Waals surface area contributed by atoms with E-state index in [0.29, 0.717) is 5.57 Å². The Labute approximate surface area is 147 Å². The summed E-state index contributed by atoms with van der Waals surface area (Å²) in [6.45, 7) is 8.20. The Balaban J connectivity index is 2.76. The quantitative estimate of drug-likeness (QED) is 0.286. The maximum Gasteiger partial charge on any atom is 0.245 e. The summed E-state index contributed by atoms with van der Waals surface area (Å²) in [5.74, 6) is -1.37. The van der Waals surface area contributed by atoms with Crippen LogP contribution in [0.2, 0.25) is 0 Å². The first kappa shape index (κ1) is 21.3. The number of rotatable bonds is 11. The van der Waals surface area contributed by atoms with E-state index in [0.717, 1.165) is 0 Å². The second kappa shape index (κ2) is 9.07. The molecule has 0 aliphatic carbocycles. The van der Waals surface area contributed by atoms with Gasteiger partial charge in [-0.05, 0) is 19.3 Å². The lowest BCUT2D eigenvalue weighted by Gasteiger charge is -2.23. The van der Waals surface area contributed by atoms with Crippen molar-refractivity contribution in [2.45, 2.75) is 51.3 Å². The fourth-order valence-electron chi connectivity index (χ4n) is 2.36. The number of amides is 2. The van der Waals surface area contributed by atoms with Crippen molar-refractivity contribution in [1.29, 1.82) is 0 Å². The van der Waals surface area contributed by atoms with Crippen molar-refractivity contribution < 1.29 is 29.3 Å². The first-order valence-corrected chi connectivity index (χ1v) is 8.29. The minimum absolute atomic E-state index is 0.0967. The van der Waals surface area contributed by atoms with Crippen LogP contribution in [-0.4, -0.2) is 65.3 Å². The summed E-state index contributed by atoms with van der Waals surface area (Å²) in [5.41, 5.74) is -0.611. The summed E-state index contributed by atoms with van der Waals surface area (Å²) in [4.78, 5) is 36.7. The Morgan fingerprint density at radius 2 is 1.76 bits per heavy atom. The number of hydrogen-bond donors (Lipinski definition) is 4. The predicted octanol–water partition coefficient (Wildman–Crippen LogP) is -0.709. The normalized spacial score (nSPS) is 21.4. The van der Waals surface area contributed by atoms with E-state index in [2.05, 4.69) is 17.2 Å². The molecule has 8 nitrogen and oxygen atoms in total. The molecular weight excluding hydrogens is 328 g/mol. The summed E-state index contributed by atoms with van der Waals surface area (Å²) in [6.07, 6.45) is 0.396. The number of carbonyl (C=O) groups is 3. The van der Waals surface area contributed by atoms with Gasteiger partial charge in [0, 0.05) is 6.42 Å². The lowest BCUT2D eigenvalue weighted by atomic mass is 9.94. The van der Waals surface area contributed by atoms with Gasteiger partial charge in [-0.1, -0.05) is 19.4 Å². The Hall–Kier alpha value is -1.77. The summed E-state index contributed by atoms with van der Waals surface area (Å²) in [5, 5.41) is 23.7. The number of ketones is 1. The first-order valence-electron chi connectivity index (χ1n) is 8.29. The van der Waals surface area contributed by atoms with Crippen LogP contribution in [0.15, 0.2) is 12.2 Å². The second-order valence-electron chi connectivity index (χ2n) is 6.93. The van der Waals surface area contributed by atoms with Gasteiger partial charge in [-0.25, -0.2) is 0 Å². The largest absolute Gasteiger partial charge is 0.394 e. The molecule has 0 aromatic heterocycles. The molecule has 142 valence electrons. The minimum Gasteiger partial charge on any atom is -0.394 e. The highest BCUT2D eigenvalue weighted by Crippen LogP contribution is 2.29. The molecule has 2 amide bonds. The number of aliphatic hydroxyl groups excluding tert-OH is 2. The van der Waals surface area contributed by atoms with Gasteiger partial charge < -0.3 is 25.6 Å². The number of aliphatic hydroxyl groups is 2. The average molecular weight is 356 g/mol. The van der Waals surface area contributed by atoms with Crippen LogP contribution in [-0.2, 0) is 19.1 Å². The van der Waals surface area contributed by atoms with Crippen LogP contribution in [0, 0.1) is 5.92 Å². The van der Waals surface area contributed by atoms with Gasteiger partial charge in [-0.15, -0.1) is 6.58 Å². The van der Waals surface area contributed by atoms with Gasteiger partial charge in [0.15, 0.2) is 11.4 Å². The SMILES string of the molecule is C=C(C)C[C@@H](NC(=O)[C@H](CO)NC(=O)CC(C)C)C(=O)[C@]1(CO)CO1. The summed E-state index contributed by atoms with van der Waals surface area (Å²) in [6, 6.07) is -2.10. The van der Waals surface area contributed by atoms with Crippen LogP contribution < -0.4 is 10.6 Å². The third-order valence-electron chi connectivity index (χ3n) is 3.81. The van der Waals surface area contributed by atoms with E-state index in [-0.39, 0.29) is 31.3 Å². The molecule has 0 saturated carbocycles. The van der Waals surface area contributed by atoms with E-state index in [1.165, 1.54) is 0 Å². The molecule has 4 N–H and O–H groups in total. The van der Waals surface area contributed by atoms with Crippen molar-refractivity contribution in [3.05, 3.63) is 12.2 Å². The summed E-state index contributed by atoms with van der Waals surface area (Å²) in [7, 11) is 0. The average Bonchev–Trinajstić information content (AvgIpc) is 3.31. The van der Waals surface area contributed by atoms with Crippen molar-refractivity contribution in [2.75, 3.05) is 19.8 Å². The van der Waals surface area contributed by atoms with E-state index in [1.54, 1.807) is 6.92 Å². The molecule has 1 rings (SSSR count). The topological polar surface area (TPSA) is 128 Å². The molecule has 1 aliphatic heterocycles. The minimum atomic E-state index is -1.27. The smallest absolute Gasteiger partial charge is 0.245 e. The molecule has 0 aromatic rings. The number of carbonyl (C=O) groups excluding carboxylic acids is 3. The highest BCUT2D eigenvalue weighted by molar-refractivity contribution is 5.98. The van der Waals surface area contributed by atoms with Crippen LogP contribution in [0.1, 0.15) is 33.6 Å². The second-order valence-corrected chi connectivity index (χ2v) is 6.93. The zero-order chi connectivity index (χ0) is 19.2. The van der Waals surface area contributed by atoms with E-state index in [1.807, 2.05) is 13.8 Å². The molecule has 3 atom stereocenters. The van der Waals surface area contributed by atoms with Crippen molar-refractivity contribution in [1.82, 2.24) is 10.6 Å². The molecule has 0 aromatic carbocycles. The molecule has 1 aliphatic rings. The van der Waals surface area contributed by atoms with Crippen molar-refractivity contribution in [3.8, 4) is 0 Å². The van der Waals surface area contributed by atoms with Gasteiger partial charge in [0.25, 0.3) is 0 Å². The monoisotopic (exact) mass is 356 g/mol. The summed E-state index contributed by atoms with van der Waals surface area (Å²) < 4.78 is 5.05. The first-order chi connectivity index (χ1) is 11.6. The molecule has 1 heterocycles. The van der Waals surface area contributed by atoms with Gasteiger partial charge in [-0.2, -0.15) is 0 Å². The molecule has 8 heteroatoms. The number of ether oxygens (including phenoxy) is 1. The van der Waals surface area contributed by atoms with Gasteiger partial charge in [0.1, 0.15) is 6.04 Å². The number of epoxide rings is 1. The Morgan fingerprint density at radius 1 is 1.16 bits per heavy atom. The van der Waals surface area contributed by atoms with Crippen LogP contribution in [0.25, 0.3) is 0 Å². The lowest BCUT2D eigenvalue weighted by Crippen LogP contribution is -2.55. The van der Waals surface area contributed by atoms with Crippen LogP contribution >= 0.6 is 0 Å². The van der Waals surface area contributed by atoms with Gasteiger partial charge >= 0.3 is 0 Å². The van der Waals surface area contributed by atoms with E-state index < -0.39 is 42.6 Å². The highest BCUT2D eigenvalue weighted by atomic mass is 16.6. The molecule has 0 unspecified atom stereocenters. The predicted molar refractivity (Wildman–Crippen MR) is 90.6 cm³/mol. The molecular formula is C17H28N2O6. The van der Waals surface area contributed by atoms with Crippen LogP contribution in [0.4, 0.5) is 0 Å². The third kappa shape index (κ3) is 6.22. The van der Waals surface area contributed by atoms with E-state index in [9.17, 15) is 24.6 Å². The molecule has 1 saturated heterocycles. The van der Waals surface area contributed by atoms with Crippen molar-refractivity contribution >= 4 is 17.6 Å². The van der Waals surface area contributed by atoms with Crippen molar-refractivity contribution in [3.63, 3.8) is 0 Å². The molecule has 25 heavy (non-hydrogen) atoms. The van der Waals surface area contributed by atoms with Gasteiger partial charge in [0.05, 0.1) is 25.9 Å². The Morgan fingerprint density at radius 3 is 2.16 bits per heavy atom. The van der Waals surface area contributed by atoms with E-state index in [4.69, 9.17) is 4.74 Å². The highest BCUT2D eigenvalue weighted by Gasteiger charge is 2.54. The standard InChI is InChI=1S/C17H28N2O6/c1-10(2)5-12(15(23)17(8-21)9-25-17)19-16(24)13(7-20)18-14(22)6-11(3)4/h11-13,20-21H,1,5-9H2,2-4H3,(H,18,22)(H,19,24)/t12-,13+,17+/m1/s1. The van der Waals surface area contributed by atoms with Gasteiger partial charge in [0.2, 0.25) is 11.8 Å². The maximum atomic E-state index is 12.5. The number of Topliss-reactive ketones (excluding diaryl/α,β-unsaturated/α-hetero) is 1. The zero-order valence-electron chi connectivity index (χ0n) is 15.0. The molecule has 0 radical (unpaired) electrons. The van der Waals surface area contributed by atoms with Crippen LogP contribution in [0.5, 0.6) is 0 Å². The molecule has 0 bridgehead atoms. The molecule has 0 spiro atoms. The number of nitrogens with one attached hydrogen (secondary N) is 2. The maximum absolute atomic E-state index is 12.5. The third-order valence-corrected chi connectivity index (χ3v) is 3.81. The van der Waals surface area contributed by atoms with E-state index >= 15 is 0 Å². The lowest BCUT2D eigenvalue weighted by molar-refractivity contribution is -0.134. The zero-order valence-corrected chi connectivity index (χ0v) is 15.0. The fraction of sp³-hybridized carbons (Fsp3) is 0.706. The Kier molecular flexibility index (Phi) is 7.72. The van der Waals surface area contributed by atoms with Gasteiger partial charge in [-0.3, -0.25) is 14.4 Å². The van der Waals surface area contributed by atoms with Crippen LogP contribution in [0.3, 0.4) is 0 Å². The molecule has 1 fully saturated rings. The fourth-order valence-corrected chi connectivity index (χ4v) is 2.36.